The second kappa shape index (κ2) is 15.2. The fraction of sp³-hybridized carbons (Fsp3) is 0.136. The molecule has 56 heavy (non-hydrogen) atoms. The molecule has 0 saturated heterocycles. The third-order valence-electron chi connectivity index (χ3n) is 9.20. The van der Waals surface area contributed by atoms with E-state index in [4.69, 9.17) is 14.5 Å². The molecule has 4 aromatic carbocycles. The molecule has 0 spiro atoms. The highest BCUT2D eigenvalue weighted by Crippen LogP contribution is 2.38. The highest BCUT2D eigenvalue weighted by Gasteiger charge is 2.24. The minimum Gasteiger partial charge on any atom is -0.496 e. The van der Waals surface area contributed by atoms with E-state index in [2.05, 4.69) is 48.7 Å². The maximum absolute atomic E-state index is 12.5. The fourth-order valence-corrected chi connectivity index (χ4v) is 6.34. The summed E-state index contributed by atoms with van der Waals surface area (Å²) in [5, 5.41) is 7.03. The molecule has 0 amide bonds. The molecule has 8 rings (SSSR count). The number of hydrogen-bond acceptors (Lipinski definition) is 10. The lowest BCUT2D eigenvalue weighted by atomic mass is 10.0. The molecular formula is C44H40N8O4. The standard InChI is InChI=1S/C23H22N4O3.C21H18N4O/c1-12-6-8-15(17(10-12)29-4)19-20(16-9-7-13(2)11-18(16)30-5)27-22-21(26-19)23(28)25-14(3)24-22;1-12-4-8-15(9-5-12)17-18(16-10-6-13(2)7-11-16)25-20-19(24-17)21(26)23-14(3)22-20/h6-11H,3H2,1-2,4-5H3,(H,24,27)(H,25,28);4-11H,3H2,1-2H3,(H,22,25)(H,23,26). The van der Waals surface area contributed by atoms with E-state index in [1.54, 1.807) is 14.2 Å². The van der Waals surface area contributed by atoms with Gasteiger partial charge < -0.3 is 30.1 Å². The van der Waals surface area contributed by atoms with Crippen LogP contribution < -0.4 is 52.9 Å². The molecule has 4 N–H and O–H groups in total. The Morgan fingerprint density at radius 3 is 1.46 bits per heavy atom. The molecule has 280 valence electrons. The second-order valence-electron chi connectivity index (χ2n) is 13.5. The molecule has 0 unspecified atom stereocenters. The average molecular weight is 745 g/mol. The summed E-state index contributed by atoms with van der Waals surface area (Å²) in [6, 6.07) is 28.0. The van der Waals surface area contributed by atoms with Crippen LogP contribution in [0.2, 0.25) is 0 Å². The fourth-order valence-electron chi connectivity index (χ4n) is 6.34. The van der Waals surface area contributed by atoms with E-state index in [1.807, 2.05) is 113 Å². The van der Waals surface area contributed by atoms with Crippen LogP contribution in [0, 0.1) is 27.7 Å². The zero-order valence-corrected chi connectivity index (χ0v) is 31.9. The smallest absolute Gasteiger partial charge is 0.279 e. The molecule has 0 radical (unpaired) electrons. The lowest BCUT2D eigenvalue weighted by Crippen LogP contribution is -2.39. The predicted octanol–water partition coefficient (Wildman–Crippen LogP) is 4.75. The number of nitrogens with one attached hydrogen (secondary N) is 4. The van der Waals surface area contributed by atoms with E-state index >= 15 is 0 Å². The number of benzene rings is 4. The van der Waals surface area contributed by atoms with Gasteiger partial charge in [-0.3, -0.25) is 9.59 Å². The maximum Gasteiger partial charge on any atom is 0.279 e. The van der Waals surface area contributed by atoms with E-state index in [9.17, 15) is 9.59 Å². The highest BCUT2D eigenvalue weighted by atomic mass is 16.5. The van der Waals surface area contributed by atoms with Crippen molar-refractivity contribution in [3.05, 3.63) is 172 Å². The number of rotatable bonds is 6. The average Bonchev–Trinajstić information content (AvgIpc) is 3.18. The molecule has 0 bridgehead atoms. The summed E-state index contributed by atoms with van der Waals surface area (Å²) in [6.45, 7) is 15.5. The Balaban J connectivity index is 0.000000173. The zero-order valence-electron chi connectivity index (χ0n) is 31.9. The quantitative estimate of drug-likeness (QED) is 0.190. The van der Waals surface area contributed by atoms with Gasteiger partial charge in [-0.2, -0.15) is 0 Å². The Hall–Kier alpha value is -7.34. The molecule has 0 saturated carbocycles. The second-order valence-corrected chi connectivity index (χ2v) is 13.5. The maximum atomic E-state index is 12.5. The van der Waals surface area contributed by atoms with Crippen molar-refractivity contribution in [1.29, 1.82) is 0 Å². The summed E-state index contributed by atoms with van der Waals surface area (Å²) in [5.41, 5.74) is 10.6. The molecule has 2 aliphatic heterocycles. The van der Waals surface area contributed by atoms with E-state index in [0.29, 0.717) is 45.7 Å². The van der Waals surface area contributed by atoms with Crippen molar-refractivity contribution in [3.63, 3.8) is 0 Å². The van der Waals surface area contributed by atoms with Crippen LogP contribution in [0.1, 0.15) is 44.5 Å². The third kappa shape index (κ3) is 7.40. The van der Waals surface area contributed by atoms with Crippen LogP contribution in [0.15, 0.2) is 105 Å². The summed E-state index contributed by atoms with van der Waals surface area (Å²) in [5.74, 6) is 2.10. The van der Waals surface area contributed by atoms with Crippen molar-refractivity contribution in [3.8, 4) is 11.5 Å². The van der Waals surface area contributed by atoms with Crippen LogP contribution in [0.4, 0.5) is 11.6 Å². The Morgan fingerprint density at radius 2 is 0.946 bits per heavy atom. The summed E-state index contributed by atoms with van der Waals surface area (Å²) in [4.78, 5) is 48.0. The monoisotopic (exact) mass is 744 g/mol. The predicted molar refractivity (Wildman–Crippen MR) is 221 cm³/mol. The zero-order chi connectivity index (χ0) is 39.7. The van der Waals surface area contributed by atoms with Crippen molar-refractivity contribution in [2.75, 3.05) is 24.9 Å². The number of H-pyrrole nitrogens is 2. The van der Waals surface area contributed by atoms with Gasteiger partial charge in [0, 0.05) is 22.3 Å². The Bertz CT molecular complexity index is 2950. The van der Waals surface area contributed by atoms with E-state index in [-0.39, 0.29) is 27.3 Å². The summed E-state index contributed by atoms with van der Waals surface area (Å²) >= 11 is 0. The van der Waals surface area contributed by atoms with Gasteiger partial charge in [0.1, 0.15) is 22.5 Å². The Labute approximate surface area is 322 Å². The lowest BCUT2D eigenvalue weighted by Gasteiger charge is -2.22. The van der Waals surface area contributed by atoms with Crippen molar-refractivity contribution in [1.82, 2.24) is 19.9 Å². The Morgan fingerprint density at radius 1 is 0.518 bits per heavy atom. The largest absolute Gasteiger partial charge is 0.496 e. The van der Waals surface area contributed by atoms with Gasteiger partial charge in [-0.05, 0) is 63.1 Å². The first-order chi connectivity index (χ1) is 26.9. The molecule has 0 atom stereocenters. The van der Waals surface area contributed by atoms with Crippen LogP contribution >= 0.6 is 0 Å². The summed E-state index contributed by atoms with van der Waals surface area (Å²) in [6.07, 6.45) is 0. The van der Waals surface area contributed by atoms with Crippen molar-refractivity contribution >= 4 is 47.6 Å². The molecule has 2 aromatic heterocycles. The topological polar surface area (TPSA) is 159 Å². The third-order valence-corrected chi connectivity index (χ3v) is 9.20. The number of methoxy groups -OCH3 is 2. The lowest BCUT2D eigenvalue weighted by molar-refractivity contribution is 0.412. The van der Waals surface area contributed by atoms with Crippen LogP contribution in [0.5, 0.6) is 11.5 Å². The normalized spacial score (nSPS) is 12.8. The van der Waals surface area contributed by atoms with E-state index in [1.165, 1.54) is 5.56 Å². The molecular weight excluding hydrogens is 705 g/mol. The van der Waals surface area contributed by atoms with Gasteiger partial charge in [0.25, 0.3) is 11.1 Å². The minimum atomic E-state index is -0.365. The molecule has 2 aliphatic rings. The van der Waals surface area contributed by atoms with Gasteiger partial charge in [-0.1, -0.05) is 84.9 Å². The first kappa shape index (κ1) is 37.0. The number of anilines is 2. The number of fused-ring (bicyclic) bond motifs is 2. The number of nitrogens with zero attached hydrogens (tertiary/aromatic N) is 4. The summed E-state index contributed by atoms with van der Waals surface area (Å²) in [7, 11) is 3.23. The Kier molecular flexibility index (Phi) is 10.0. The minimum absolute atomic E-state index is 0.190. The molecule has 12 nitrogen and oxygen atoms in total. The van der Waals surface area contributed by atoms with Gasteiger partial charge in [-0.15, -0.1) is 0 Å². The van der Waals surface area contributed by atoms with Gasteiger partial charge in [0.2, 0.25) is 0 Å². The summed E-state index contributed by atoms with van der Waals surface area (Å²) < 4.78 is 11.2. The molecule has 4 heterocycles. The highest BCUT2D eigenvalue weighted by molar-refractivity contribution is 5.99. The van der Waals surface area contributed by atoms with E-state index in [0.717, 1.165) is 44.6 Å². The van der Waals surface area contributed by atoms with Gasteiger partial charge in [0.05, 0.1) is 37.0 Å². The SMILES string of the molecule is C=c1nc2c(c(=O)[nH]1)=NC(c1ccc(C)cc1)=C(c1ccc(C)cc1)N2.C=c1nc2c(c(=O)[nH]1)=NC(c1ccc(C)cc1OC)=C(c1ccc(C)cc1OC)N2. The van der Waals surface area contributed by atoms with Crippen LogP contribution in [-0.2, 0) is 0 Å². The number of aryl methyl sites for hydroxylation is 4. The van der Waals surface area contributed by atoms with Crippen LogP contribution in [0.3, 0.4) is 0 Å². The number of hydrogen-bond donors (Lipinski definition) is 4. The first-order valence-electron chi connectivity index (χ1n) is 17.7. The van der Waals surface area contributed by atoms with Crippen molar-refractivity contribution in [2.45, 2.75) is 27.7 Å². The number of ether oxygens (including phenoxy) is 2. The molecule has 0 fully saturated rings. The van der Waals surface area contributed by atoms with E-state index < -0.39 is 0 Å². The number of aromatic nitrogens is 4. The first-order valence-corrected chi connectivity index (χ1v) is 17.7. The van der Waals surface area contributed by atoms with Crippen molar-refractivity contribution in [2.24, 2.45) is 9.98 Å². The van der Waals surface area contributed by atoms with Gasteiger partial charge >= 0.3 is 0 Å². The van der Waals surface area contributed by atoms with Crippen LogP contribution in [0.25, 0.3) is 35.9 Å². The van der Waals surface area contributed by atoms with Crippen molar-refractivity contribution < 1.29 is 9.47 Å². The molecule has 0 aliphatic carbocycles. The van der Waals surface area contributed by atoms with Crippen LogP contribution in [-0.4, -0.2) is 34.2 Å². The number of aromatic amines is 2. The molecule has 6 aromatic rings. The van der Waals surface area contributed by atoms with Gasteiger partial charge in [-0.25, -0.2) is 20.0 Å². The van der Waals surface area contributed by atoms with Gasteiger partial charge in [0.15, 0.2) is 22.4 Å². The molecule has 12 heteroatoms.